The van der Waals surface area contributed by atoms with Gasteiger partial charge in [-0.1, -0.05) is 18.2 Å². The molecule has 7 heteroatoms. The molecule has 0 amide bonds. The number of nitrogens with zero attached hydrogens (tertiary/aromatic N) is 3. The van der Waals surface area contributed by atoms with Crippen molar-refractivity contribution in [2.45, 2.75) is 24.0 Å². The standard InChI is InChI=1S/C12H12FN3O2S/c1-19(17,18)12-14-11-7-6-10(16(11)15-12)8-4-2-3-5-9(8)13/h2-5,10H,6-7H2,1H3/t10-/m0/s1. The third-order valence-corrected chi connectivity index (χ3v) is 4.05. The maximum Gasteiger partial charge on any atom is 0.266 e. The average molecular weight is 281 g/mol. The number of hydrogen-bond acceptors (Lipinski definition) is 4. The lowest BCUT2D eigenvalue weighted by Crippen LogP contribution is -2.10. The predicted octanol–water partition coefficient (Wildman–Crippen LogP) is 1.36. The number of aryl methyl sites for hydroxylation is 1. The molecule has 1 aliphatic rings. The summed E-state index contributed by atoms with van der Waals surface area (Å²) >= 11 is 0. The molecular formula is C12H12FN3O2S. The molecule has 1 aliphatic heterocycles. The highest BCUT2D eigenvalue weighted by molar-refractivity contribution is 7.90. The number of hydrogen-bond donors (Lipinski definition) is 0. The Morgan fingerprint density at radius 3 is 2.79 bits per heavy atom. The highest BCUT2D eigenvalue weighted by Crippen LogP contribution is 2.32. The lowest BCUT2D eigenvalue weighted by Gasteiger charge is -2.12. The molecule has 1 aromatic carbocycles. The van der Waals surface area contributed by atoms with Crippen molar-refractivity contribution in [3.8, 4) is 0 Å². The largest absolute Gasteiger partial charge is 0.266 e. The van der Waals surface area contributed by atoms with E-state index in [-0.39, 0.29) is 17.0 Å². The second kappa shape index (κ2) is 4.12. The Kier molecular flexibility index (Phi) is 2.67. The molecule has 0 saturated carbocycles. The molecule has 0 fully saturated rings. The van der Waals surface area contributed by atoms with Gasteiger partial charge in [0.15, 0.2) is 0 Å². The van der Waals surface area contributed by atoms with Gasteiger partial charge in [-0.3, -0.25) is 0 Å². The zero-order valence-corrected chi connectivity index (χ0v) is 11.1. The van der Waals surface area contributed by atoms with E-state index in [0.29, 0.717) is 24.2 Å². The molecule has 0 unspecified atom stereocenters. The van der Waals surface area contributed by atoms with Crippen molar-refractivity contribution >= 4 is 9.84 Å². The van der Waals surface area contributed by atoms with Gasteiger partial charge in [-0.2, -0.15) is 0 Å². The predicted molar refractivity (Wildman–Crippen MR) is 66.0 cm³/mol. The number of rotatable bonds is 2. The molecule has 0 radical (unpaired) electrons. The van der Waals surface area contributed by atoms with Crippen molar-refractivity contribution in [2.75, 3.05) is 6.26 Å². The summed E-state index contributed by atoms with van der Waals surface area (Å²) in [7, 11) is -3.43. The van der Waals surface area contributed by atoms with Crippen LogP contribution in [-0.4, -0.2) is 29.4 Å². The SMILES string of the molecule is CS(=O)(=O)c1nc2n(n1)[C@H](c1ccccc1F)CC2. The van der Waals surface area contributed by atoms with Crippen LogP contribution in [0.5, 0.6) is 0 Å². The monoisotopic (exact) mass is 281 g/mol. The molecule has 19 heavy (non-hydrogen) atoms. The molecule has 100 valence electrons. The first-order valence-electron chi connectivity index (χ1n) is 5.87. The quantitative estimate of drug-likeness (QED) is 0.833. The summed E-state index contributed by atoms with van der Waals surface area (Å²) in [5.41, 5.74) is 0.520. The van der Waals surface area contributed by atoms with E-state index in [1.807, 2.05) is 0 Å². The second-order valence-corrected chi connectivity index (χ2v) is 6.51. The maximum absolute atomic E-state index is 13.8. The summed E-state index contributed by atoms with van der Waals surface area (Å²) in [6.45, 7) is 0. The summed E-state index contributed by atoms with van der Waals surface area (Å²) in [4.78, 5) is 4.01. The zero-order valence-electron chi connectivity index (χ0n) is 10.2. The van der Waals surface area contributed by atoms with E-state index in [1.165, 1.54) is 10.7 Å². The topological polar surface area (TPSA) is 64.8 Å². The molecule has 2 aromatic rings. The molecular weight excluding hydrogens is 269 g/mol. The van der Waals surface area contributed by atoms with Gasteiger partial charge in [0.1, 0.15) is 11.6 Å². The molecule has 0 aliphatic carbocycles. The van der Waals surface area contributed by atoms with Gasteiger partial charge >= 0.3 is 0 Å². The van der Waals surface area contributed by atoms with E-state index in [1.54, 1.807) is 18.2 Å². The Morgan fingerprint density at radius 2 is 2.11 bits per heavy atom. The van der Waals surface area contributed by atoms with Crippen LogP contribution in [0.25, 0.3) is 0 Å². The van der Waals surface area contributed by atoms with Gasteiger partial charge in [0.05, 0.1) is 6.04 Å². The molecule has 0 saturated heterocycles. The molecule has 0 N–H and O–H groups in total. The number of sulfone groups is 1. The van der Waals surface area contributed by atoms with Crippen molar-refractivity contribution in [3.05, 3.63) is 41.5 Å². The van der Waals surface area contributed by atoms with E-state index in [9.17, 15) is 12.8 Å². The van der Waals surface area contributed by atoms with Crippen LogP contribution >= 0.6 is 0 Å². The fourth-order valence-corrected chi connectivity index (χ4v) is 2.84. The Balaban J connectivity index is 2.08. The van der Waals surface area contributed by atoms with Crippen LogP contribution in [0.2, 0.25) is 0 Å². The Bertz CT molecular complexity index is 739. The van der Waals surface area contributed by atoms with Crippen molar-refractivity contribution in [2.24, 2.45) is 0 Å². The van der Waals surface area contributed by atoms with Gasteiger partial charge in [0, 0.05) is 18.2 Å². The van der Waals surface area contributed by atoms with Crippen LogP contribution in [0.1, 0.15) is 23.9 Å². The van der Waals surface area contributed by atoms with Gasteiger partial charge in [-0.05, 0) is 12.5 Å². The van der Waals surface area contributed by atoms with Crippen molar-refractivity contribution in [1.82, 2.24) is 14.8 Å². The van der Waals surface area contributed by atoms with E-state index >= 15 is 0 Å². The van der Waals surface area contributed by atoms with Crippen LogP contribution in [-0.2, 0) is 16.3 Å². The third-order valence-electron chi connectivity index (χ3n) is 3.21. The number of fused-ring (bicyclic) bond motifs is 1. The summed E-state index contributed by atoms with van der Waals surface area (Å²) in [5, 5.41) is 3.82. The lowest BCUT2D eigenvalue weighted by molar-refractivity contribution is 0.502. The number of benzene rings is 1. The Morgan fingerprint density at radius 1 is 1.37 bits per heavy atom. The summed E-state index contributed by atoms with van der Waals surface area (Å²) in [5.74, 6) is 0.283. The van der Waals surface area contributed by atoms with Crippen LogP contribution in [0.4, 0.5) is 4.39 Å². The molecule has 0 bridgehead atoms. The van der Waals surface area contributed by atoms with E-state index in [0.717, 1.165) is 6.26 Å². The van der Waals surface area contributed by atoms with Gasteiger partial charge in [0.25, 0.3) is 5.16 Å². The van der Waals surface area contributed by atoms with E-state index in [2.05, 4.69) is 10.1 Å². The van der Waals surface area contributed by atoms with E-state index < -0.39 is 9.84 Å². The van der Waals surface area contributed by atoms with Gasteiger partial charge < -0.3 is 0 Å². The first-order chi connectivity index (χ1) is 8.97. The van der Waals surface area contributed by atoms with Gasteiger partial charge in [-0.15, -0.1) is 5.10 Å². The zero-order chi connectivity index (χ0) is 13.6. The fraction of sp³-hybridized carbons (Fsp3) is 0.333. The smallest absolute Gasteiger partial charge is 0.241 e. The highest BCUT2D eigenvalue weighted by Gasteiger charge is 2.30. The minimum atomic E-state index is -3.43. The van der Waals surface area contributed by atoms with E-state index in [4.69, 9.17) is 0 Å². The van der Waals surface area contributed by atoms with Crippen molar-refractivity contribution in [3.63, 3.8) is 0 Å². The highest BCUT2D eigenvalue weighted by atomic mass is 32.2. The molecule has 0 spiro atoms. The Labute approximate surface area is 110 Å². The van der Waals surface area contributed by atoms with Crippen molar-refractivity contribution in [1.29, 1.82) is 0 Å². The van der Waals surface area contributed by atoms with Gasteiger partial charge in [0.2, 0.25) is 9.84 Å². The molecule has 2 heterocycles. The van der Waals surface area contributed by atoms with Crippen molar-refractivity contribution < 1.29 is 12.8 Å². The van der Waals surface area contributed by atoms with Crippen LogP contribution in [0, 0.1) is 5.82 Å². The average Bonchev–Trinajstić information content (AvgIpc) is 2.88. The minimum absolute atomic E-state index is 0.191. The number of aromatic nitrogens is 3. The van der Waals surface area contributed by atoms with Crippen LogP contribution in [0.3, 0.4) is 0 Å². The first kappa shape index (κ1) is 12.3. The third kappa shape index (κ3) is 2.03. The Hall–Kier alpha value is -1.76. The minimum Gasteiger partial charge on any atom is -0.241 e. The summed E-state index contributed by atoms with van der Waals surface area (Å²) < 4.78 is 38.2. The number of halogens is 1. The second-order valence-electron chi connectivity index (χ2n) is 4.60. The fourth-order valence-electron chi connectivity index (χ4n) is 2.33. The normalized spacial score (nSPS) is 18.5. The van der Waals surface area contributed by atoms with Gasteiger partial charge in [-0.25, -0.2) is 22.5 Å². The maximum atomic E-state index is 13.8. The van der Waals surface area contributed by atoms with Crippen LogP contribution < -0.4 is 0 Å². The molecule has 1 aromatic heterocycles. The molecule has 3 rings (SSSR count). The summed E-state index contributed by atoms with van der Waals surface area (Å²) in [6, 6.07) is 6.18. The lowest BCUT2D eigenvalue weighted by atomic mass is 10.0. The summed E-state index contributed by atoms with van der Waals surface area (Å²) in [6.07, 6.45) is 2.35. The van der Waals surface area contributed by atoms with Crippen LogP contribution in [0.15, 0.2) is 29.4 Å². The molecule has 1 atom stereocenters. The molecule has 5 nitrogen and oxygen atoms in total. The first-order valence-corrected chi connectivity index (χ1v) is 7.76.